The van der Waals surface area contributed by atoms with Crippen LogP contribution in [0, 0.1) is 0 Å². The van der Waals surface area contributed by atoms with Crippen molar-refractivity contribution in [3.63, 3.8) is 0 Å². The molecule has 8 nitrogen and oxygen atoms in total. The van der Waals surface area contributed by atoms with Gasteiger partial charge in [0.25, 0.3) is 0 Å². The first-order valence-corrected chi connectivity index (χ1v) is 12.8. The van der Waals surface area contributed by atoms with Crippen molar-refractivity contribution >= 4 is 23.4 Å². The van der Waals surface area contributed by atoms with Crippen molar-refractivity contribution in [2.45, 2.75) is 49.6 Å². The van der Waals surface area contributed by atoms with Gasteiger partial charge in [0, 0.05) is 5.69 Å². The highest BCUT2D eigenvalue weighted by Crippen LogP contribution is 2.32. The number of piperidine rings is 1. The minimum atomic E-state index is -0.403. The van der Waals surface area contributed by atoms with Gasteiger partial charge in [0.2, 0.25) is 5.91 Å². The quantitative estimate of drug-likeness (QED) is 0.421. The van der Waals surface area contributed by atoms with Gasteiger partial charge in [0.05, 0.1) is 31.2 Å². The molecule has 1 saturated heterocycles. The van der Waals surface area contributed by atoms with Crippen LogP contribution in [0.15, 0.2) is 53.7 Å². The molecule has 2 heterocycles. The van der Waals surface area contributed by atoms with E-state index < -0.39 is 5.25 Å². The Kier molecular flexibility index (Phi) is 8.30. The normalized spacial score (nSPS) is 15.9. The molecule has 1 fully saturated rings. The summed E-state index contributed by atoms with van der Waals surface area (Å²) in [4.78, 5) is 15.5. The van der Waals surface area contributed by atoms with E-state index in [1.165, 1.54) is 31.0 Å². The third-order valence-corrected chi connectivity index (χ3v) is 7.36. The Bertz CT molecular complexity index is 1130. The molecule has 1 aliphatic heterocycles. The van der Waals surface area contributed by atoms with E-state index in [2.05, 4.69) is 31.9 Å². The largest absolute Gasteiger partial charge is 0.497 e. The highest BCUT2D eigenvalue weighted by Gasteiger charge is 2.27. The van der Waals surface area contributed by atoms with E-state index in [9.17, 15) is 4.79 Å². The van der Waals surface area contributed by atoms with Crippen LogP contribution in [0.25, 0.3) is 5.69 Å². The predicted octanol–water partition coefficient (Wildman–Crippen LogP) is 4.95. The number of nitrogens with one attached hydrogen (secondary N) is 1. The highest BCUT2D eigenvalue weighted by molar-refractivity contribution is 8.00. The fourth-order valence-electron chi connectivity index (χ4n) is 4.26. The van der Waals surface area contributed by atoms with Crippen LogP contribution in [0.4, 0.5) is 5.69 Å². The Labute approximate surface area is 211 Å². The van der Waals surface area contributed by atoms with E-state index in [1.807, 2.05) is 55.5 Å². The number of aromatic nitrogens is 3. The minimum Gasteiger partial charge on any atom is -0.497 e. The summed E-state index contributed by atoms with van der Waals surface area (Å²) >= 11 is 1.39. The highest BCUT2D eigenvalue weighted by atomic mass is 32.2. The number of likely N-dealkylation sites (tertiary alicyclic amines) is 1. The topological polar surface area (TPSA) is 81.5 Å². The van der Waals surface area contributed by atoms with Crippen LogP contribution in [0.2, 0.25) is 0 Å². The second-order valence-corrected chi connectivity index (χ2v) is 9.90. The van der Waals surface area contributed by atoms with Crippen LogP contribution < -0.4 is 14.8 Å². The van der Waals surface area contributed by atoms with Gasteiger partial charge in [-0.05, 0) is 76.2 Å². The SMILES string of the molecule is COc1ccc(-n2c(SC(C)C(=O)Nc3ccccc3OC)nnc2C(C)N2CCCCC2)cc1. The summed E-state index contributed by atoms with van der Waals surface area (Å²) in [6.45, 7) is 6.16. The molecule has 1 aromatic heterocycles. The number of hydrogen-bond donors (Lipinski definition) is 1. The molecule has 1 N–H and O–H groups in total. The number of para-hydroxylation sites is 2. The maximum Gasteiger partial charge on any atom is 0.237 e. The maximum absolute atomic E-state index is 13.0. The van der Waals surface area contributed by atoms with E-state index >= 15 is 0 Å². The van der Waals surface area contributed by atoms with Crippen molar-refractivity contribution in [1.29, 1.82) is 0 Å². The van der Waals surface area contributed by atoms with E-state index in [4.69, 9.17) is 9.47 Å². The summed E-state index contributed by atoms with van der Waals surface area (Å²) in [5, 5.41) is 12.4. The second-order valence-electron chi connectivity index (χ2n) is 8.60. The summed E-state index contributed by atoms with van der Waals surface area (Å²) < 4.78 is 12.8. The molecule has 35 heavy (non-hydrogen) atoms. The molecule has 0 spiro atoms. The zero-order valence-corrected chi connectivity index (χ0v) is 21.5. The minimum absolute atomic E-state index is 0.108. The van der Waals surface area contributed by atoms with Gasteiger partial charge in [-0.15, -0.1) is 10.2 Å². The van der Waals surface area contributed by atoms with E-state index in [1.54, 1.807) is 14.2 Å². The van der Waals surface area contributed by atoms with E-state index in [0.717, 1.165) is 30.4 Å². The van der Waals surface area contributed by atoms with E-state index in [-0.39, 0.29) is 11.9 Å². The Morgan fingerprint density at radius 1 is 0.971 bits per heavy atom. The van der Waals surface area contributed by atoms with Crippen molar-refractivity contribution in [3.8, 4) is 17.2 Å². The summed E-state index contributed by atoms with van der Waals surface area (Å²) in [5.74, 6) is 2.15. The van der Waals surface area contributed by atoms with Crippen molar-refractivity contribution < 1.29 is 14.3 Å². The lowest BCUT2D eigenvalue weighted by Crippen LogP contribution is -2.33. The molecule has 186 valence electrons. The molecule has 4 rings (SSSR count). The van der Waals surface area contributed by atoms with Crippen LogP contribution >= 0.6 is 11.8 Å². The number of nitrogens with zero attached hydrogens (tertiary/aromatic N) is 4. The number of thioether (sulfide) groups is 1. The fraction of sp³-hybridized carbons (Fsp3) is 0.423. The zero-order chi connectivity index (χ0) is 24.8. The molecule has 3 aromatic rings. The number of anilines is 1. The lowest BCUT2D eigenvalue weighted by Gasteiger charge is -2.32. The number of hydrogen-bond acceptors (Lipinski definition) is 7. The molecule has 0 saturated carbocycles. The first-order valence-electron chi connectivity index (χ1n) is 12.0. The second kappa shape index (κ2) is 11.6. The summed E-state index contributed by atoms with van der Waals surface area (Å²) in [6.07, 6.45) is 3.67. The first kappa shape index (κ1) is 25.1. The molecular formula is C26H33N5O3S. The van der Waals surface area contributed by atoms with Gasteiger partial charge in [0.15, 0.2) is 11.0 Å². The molecule has 2 aromatic carbocycles. The average Bonchev–Trinajstić information content (AvgIpc) is 3.32. The van der Waals surface area contributed by atoms with Gasteiger partial charge in [-0.3, -0.25) is 14.3 Å². The van der Waals surface area contributed by atoms with Crippen LogP contribution in [0.3, 0.4) is 0 Å². The lowest BCUT2D eigenvalue weighted by molar-refractivity contribution is -0.115. The van der Waals surface area contributed by atoms with Crippen molar-refractivity contribution in [3.05, 3.63) is 54.4 Å². The van der Waals surface area contributed by atoms with Crippen LogP contribution in [0.1, 0.15) is 45.0 Å². The average molecular weight is 496 g/mol. The maximum atomic E-state index is 13.0. The molecule has 2 unspecified atom stereocenters. The number of carbonyl (C=O) groups excluding carboxylic acids is 1. The zero-order valence-electron chi connectivity index (χ0n) is 20.7. The Morgan fingerprint density at radius 3 is 2.37 bits per heavy atom. The number of amides is 1. The molecule has 2 atom stereocenters. The molecule has 9 heteroatoms. The first-order chi connectivity index (χ1) is 17.0. The third-order valence-electron chi connectivity index (χ3n) is 6.32. The number of rotatable bonds is 9. The number of methoxy groups -OCH3 is 2. The van der Waals surface area contributed by atoms with Gasteiger partial charge < -0.3 is 14.8 Å². The van der Waals surface area contributed by atoms with Crippen molar-refractivity contribution in [2.24, 2.45) is 0 Å². The lowest BCUT2D eigenvalue weighted by atomic mass is 10.1. The third kappa shape index (κ3) is 5.79. The van der Waals surface area contributed by atoms with Gasteiger partial charge in [0.1, 0.15) is 11.5 Å². The molecule has 0 aliphatic carbocycles. The molecule has 1 aliphatic rings. The van der Waals surface area contributed by atoms with Gasteiger partial charge in [-0.1, -0.05) is 30.3 Å². The van der Waals surface area contributed by atoms with Crippen molar-refractivity contribution in [2.75, 3.05) is 32.6 Å². The Morgan fingerprint density at radius 2 is 1.69 bits per heavy atom. The fourth-order valence-corrected chi connectivity index (χ4v) is 5.14. The van der Waals surface area contributed by atoms with Gasteiger partial charge >= 0.3 is 0 Å². The summed E-state index contributed by atoms with van der Waals surface area (Å²) in [7, 11) is 3.24. The summed E-state index contributed by atoms with van der Waals surface area (Å²) in [5.41, 5.74) is 1.58. The van der Waals surface area contributed by atoms with Gasteiger partial charge in [-0.2, -0.15) is 0 Å². The summed E-state index contributed by atoms with van der Waals surface area (Å²) in [6, 6.07) is 15.3. The monoisotopic (exact) mass is 495 g/mol. The van der Waals surface area contributed by atoms with Gasteiger partial charge in [-0.25, -0.2) is 0 Å². The molecule has 1 amide bonds. The number of ether oxygens (including phenoxy) is 2. The number of benzene rings is 2. The van der Waals surface area contributed by atoms with Crippen LogP contribution in [-0.2, 0) is 4.79 Å². The van der Waals surface area contributed by atoms with Crippen LogP contribution in [0.5, 0.6) is 11.5 Å². The number of carbonyl (C=O) groups is 1. The standard InChI is InChI=1S/C26H33N5O3S/c1-18(30-16-8-5-9-17-30)24-28-29-26(31(24)20-12-14-21(33-3)15-13-20)35-19(2)25(32)27-22-10-6-7-11-23(22)34-4/h6-7,10-15,18-19H,5,8-9,16-17H2,1-4H3,(H,27,32). The Hall–Kier alpha value is -3.04. The molecular weight excluding hydrogens is 462 g/mol. The Balaban J connectivity index is 1.60. The van der Waals surface area contributed by atoms with E-state index in [0.29, 0.717) is 16.6 Å². The molecule has 0 bridgehead atoms. The smallest absolute Gasteiger partial charge is 0.237 e. The van der Waals surface area contributed by atoms with Crippen LogP contribution in [-0.4, -0.2) is 58.1 Å². The molecule has 0 radical (unpaired) electrons. The van der Waals surface area contributed by atoms with Crippen molar-refractivity contribution in [1.82, 2.24) is 19.7 Å². The predicted molar refractivity (Wildman–Crippen MR) is 139 cm³/mol.